The first-order valence-electron chi connectivity index (χ1n) is 5.84. The first kappa shape index (κ1) is 13.5. The SMILES string of the molecule is CC(C)(C(=O)Nc1cncc(Cl)n1)c1ccccc1. The van der Waals surface area contributed by atoms with E-state index in [1.54, 1.807) is 0 Å². The molecule has 0 aliphatic rings. The molecule has 0 radical (unpaired) electrons. The number of nitrogens with one attached hydrogen (secondary N) is 1. The standard InChI is InChI=1S/C14H14ClN3O/c1-14(2,10-6-4-3-5-7-10)13(19)18-12-9-16-8-11(15)17-12/h3-9H,1-2H3,(H,17,18,19). The van der Waals surface area contributed by atoms with E-state index in [1.807, 2.05) is 44.2 Å². The zero-order chi connectivity index (χ0) is 13.9. The van der Waals surface area contributed by atoms with Crippen molar-refractivity contribution < 1.29 is 4.79 Å². The lowest BCUT2D eigenvalue weighted by Gasteiger charge is -2.23. The van der Waals surface area contributed by atoms with Crippen LogP contribution in [-0.4, -0.2) is 15.9 Å². The average Bonchev–Trinajstić information content (AvgIpc) is 2.39. The molecule has 0 saturated carbocycles. The van der Waals surface area contributed by atoms with E-state index < -0.39 is 5.41 Å². The van der Waals surface area contributed by atoms with Gasteiger partial charge in [0.1, 0.15) is 5.15 Å². The smallest absolute Gasteiger partial charge is 0.235 e. The van der Waals surface area contributed by atoms with E-state index in [0.29, 0.717) is 5.82 Å². The van der Waals surface area contributed by atoms with E-state index >= 15 is 0 Å². The predicted molar refractivity (Wildman–Crippen MR) is 75.1 cm³/mol. The summed E-state index contributed by atoms with van der Waals surface area (Å²) in [6, 6.07) is 9.57. The number of halogens is 1. The van der Waals surface area contributed by atoms with E-state index in [1.165, 1.54) is 12.4 Å². The largest absolute Gasteiger partial charge is 0.309 e. The fraction of sp³-hybridized carbons (Fsp3) is 0.214. The Balaban J connectivity index is 2.20. The summed E-state index contributed by atoms with van der Waals surface area (Å²) in [4.78, 5) is 20.2. The van der Waals surface area contributed by atoms with Gasteiger partial charge in [0.25, 0.3) is 0 Å². The molecule has 0 unspecified atom stereocenters. The van der Waals surface area contributed by atoms with Crippen LogP contribution in [0.25, 0.3) is 0 Å². The van der Waals surface area contributed by atoms with Crippen molar-refractivity contribution in [3.63, 3.8) is 0 Å². The summed E-state index contributed by atoms with van der Waals surface area (Å²) in [6.07, 6.45) is 2.88. The van der Waals surface area contributed by atoms with Gasteiger partial charge in [0, 0.05) is 0 Å². The minimum Gasteiger partial charge on any atom is -0.309 e. The maximum Gasteiger partial charge on any atom is 0.235 e. The molecule has 0 spiro atoms. The molecule has 98 valence electrons. The molecule has 0 atom stereocenters. The number of benzene rings is 1. The molecule has 4 nitrogen and oxygen atoms in total. The Morgan fingerprint density at radius 3 is 2.53 bits per heavy atom. The minimum absolute atomic E-state index is 0.157. The Labute approximate surface area is 116 Å². The summed E-state index contributed by atoms with van der Waals surface area (Å²) in [5, 5.41) is 2.97. The first-order chi connectivity index (χ1) is 9.00. The third-order valence-electron chi connectivity index (χ3n) is 2.91. The lowest BCUT2D eigenvalue weighted by Crippen LogP contribution is -2.35. The minimum atomic E-state index is -0.661. The topological polar surface area (TPSA) is 54.9 Å². The van der Waals surface area contributed by atoms with Crippen LogP contribution in [-0.2, 0) is 10.2 Å². The number of hydrogen-bond acceptors (Lipinski definition) is 3. The molecule has 1 aromatic carbocycles. The van der Waals surface area contributed by atoms with Crippen molar-refractivity contribution in [1.29, 1.82) is 0 Å². The molecule has 0 aliphatic heterocycles. The van der Waals surface area contributed by atoms with Crippen molar-refractivity contribution in [2.75, 3.05) is 5.32 Å². The lowest BCUT2D eigenvalue weighted by atomic mass is 9.84. The van der Waals surface area contributed by atoms with Crippen molar-refractivity contribution in [2.45, 2.75) is 19.3 Å². The number of hydrogen-bond donors (Lipinski definition) is 1. The van der Waals surface area contributed by atoms with Crippen LogP contribution in [0.1, 0.15) is 19.4 Å². The van der Waals surface area contributed by atoms with Crippen LogP contribution >= 0.6 is 11.6 Å². The molecule has 1 heterocycles. The highest BCUT2D eigenvalue weighted by molar-refractivity contribution is 6.29. The molecule has 2 aromatic rings. The molecule has 2 rings (SSSR count). The van der Waals surface area contributed by atoms with E-state index in [2.05, 4.69) is 15.3 Å². The molecule has 19 heavy (non-hydrogen) atoms. The van der Waals surface area contributed by atoms with Gasteiger partial charge in [-0.15, -0.1) is 0 Å². The van der Waals surface area contributed by atoms with Crippen LogP contribution in [0.5, 0.6) is 0 Å². The first-order valence-corrected chi connectivity index (χ1v) is 6.22. The maximum absolute atomic E-state index is 12.3. The Morgan fingerprint density at radius 1 is 1.21 bits per heavy atom. The third kappa shape index (κ3) is 3.09. The van der Waals surface area contributed by atoms with Gasteiger partial charge in [-0.3, -0.25) is 9.78 Å². The van der Waals surface area contributed by atoms with Crippen molar-refractivity contribution in [3.8, 4) is 0 Å². The van der Waals surface area contributed by atoms with Gasteiger partial charge in [-0.1, -0.05) is 41.9 Å². The van der Waals surface area contributed by atoms with Gasteiger partial charge < -0.3 is 5.32 Å². The Hall–Kier alpha value is -1.94. The van der Waals surface area contributed by atoms with Crippen LogP contribution in [0.2, 0.25) is 5.15 Å². The number of nitrogens with zero attached hydrogens (tertiary/aromatic N) is 2. The normalized spacial score (nSPS) is 11.1. The van der Waals surface area contributed by atoms with Crippen molar-refractivity contribution in [3.05, 3.63) is 53.4 Å². The molecule has 1 N–H and O–H groups in total. The van der Waals surface area contributed by atoms with Gasteiger partial charge in [0.2, 0.25) is 5.91 Å². The Morgan fingerprint density at radius 2 is 1.89 bits per heavy atom. The highest BCUT2D eigenvalue weighted by Crippen LogP contribution is 2.24. The van der Waals surface area contributed by atoms with Crippen LogP contribution in [0, 0.1) is 0 Å². The Kier molecular flexibility index (Phi) is 3.81. The second-order valence-corrected chi connectivity index (χ2v) is 5.06. The highest BCUT2D eigenvalue weighted by Gasteiger charge is 2.29. The van der Waals surface area contributed by atoms with Gasteiger partial charge in [0.05, 0.1) is 17.8 Å². The van der Waals surface area contributed by atoms with Gasteiger partial charge in [-0.2, -0.15) is 0 Å². The van der Waals surface area contributed by atoms with E-state index in [0.717, 1.165) is 5.56 Å². The summed E-state index contributed by atoms with van der Waals surface area (Å²) >= 11 is 5.73. The van der Waals surface area contributed by atoms with E-state index in [-0.39, 0.29) is 11.1 Å². The summed E-state index contributed by atoms with van der Waals surface area (Å²) in [6.45, 7) is 3.71. The van der Waals surface area contributed by atoms with Crippen molar-refractivity contribution in [1.82, 2.24) is 9.97 Å². The van der Waals surface area contributed by atoms with E-state index in [4.69, 9.17) is 11.6 Å². The zero-order valence-corrected chi connectivity index (χ0v) is 11.5. The van der Waals surface area contributed by atoms with Crippen LogP contribution in [0.4, 0.5) is 5.82 Å². The average molecular weight is 276 g/mol. The summed E-state index contributed by atoms with van der Waals surface area (Å²) < 4.78 is 0. The number of rotatable bonds is 3. The maximum atomic E-state index is 12.3. The van der Waals surface area contributed by atoms with Crippen LogP contribution in [0.15, 0.2) is 42.7 Å². The van der Waals surface area contributed by atoms with Gasteiger partial charge in [-0.25, -0.2) is 4.98 Å². The fourth-order valence-corrected chi connectivity index (χ4v) is 1.81. The number of anilines is 1. The second-order valence-electron chi connectivity index (χ2n) is 4.67. The predicted octanol–water partition coefficient (Wildman–Crippen LogP) is 3.05. The lowest BCUT2D eigenvalue weighted by molar-refractivity contribution is -0.120. The molecule has 0 aliphatic carbocycles. The second kappa shape index (κ2) is 5.36. The summed E-state index contributed by atoms with van der Waals surface area (Å²) in [5.74, 6) is 0.191. The van der Waals surface area contributed by atoms with Crippen LogP contribution < -0.4 is 5.32 Å². The molecule has 1 aromatic heterocycles. The van der Waals surface area contributed by atoms with Crippen molar-refractivity contribution >= 4 is 23.3 Å². The summed E-state index contributed by atoms with van der Waals surface area (Å²) in [7, 11) is 0. The molecule has 0 bridgehead atoms. The quantitative estimate of drug-likeness (QED) is 0.937. The van der Waals surface area contributed by atoms with Crippen LogP contribution in [0.3, 0.4) is 0 Å². The zero-order valence-electron chi connectivity index (χ0n) is 10.7. The molecule has 0 fully saturated rings. The third-order valence-corrected chi connectivity index (χ3v) is 3.09. The fourth-order valence-electron chi connectivity index (χ4n) is 1.66. The molecular weight excluding hydrogens is 262 g/mol. The van der Waals surface area contributed by atoms with Gasteiger partial charge in [0.15, 0.2) is 5.82 Å². The number of carbonyl (C=O) groups excluding carboxylic acids is 1. The molecule has 1 amide bonds. The molecule has 0 saturated heterocycles. The van der Waals surface area contributed by atoms with E-state index in [9.17, 15) is 4.79 Å². The highest BCUT2D eigenvalue weighted by atomic mass is 35.5. The monoisotopic (exact) mass is 275 g/mol. The number of aromatic nitrogens is 2. The summed E-state index contributed by atoms with van der Waals surface area (Å²) in [5.41, 5.74) is 0.271. The number of amides is 1. The number of carbonyl (C=O) groups is 1. The molecule has 5 heteroatoms. The molecular formula is C14H14ClN3O. The van der Waals surface area contributed by atoms with Gasteiger partial charge >= 0.3 is 0 Å². The van der Waals surface area contributed by atoms with Crippen molar-refractivity contribution in [2.24, 2.45) is 0 Å². The van der Waals surface area contributed by atoms with Gasteiger partial charge in [-0.05, 0) is 19.4 Å². The Bertz CT molecular complexity index is 584.